The second-order valence-corrected chi connectivity index (χ2v) is 8.39. The highest BCUT2D eigenvalue weighted by atomic mass is 15.4. The minimum Gasteiger partial charge on any atom is -0.350 e. The number of piperidine rings is 1. The van der Waals surface area contributed by atoms with Crippen LogP contribution in [0, 0.1) is 5.92 Å². The summed E-state index contributed by atoms with van der Waals surface area (Å²) in [5.74, 6) is 1.88. The van der Waals surface area contributed by atoms with Crippen molar-refractivity contribution in [2.75, 3.05) is 13.1 Å². The van der Waals surface area contributed by atoms with Crippen LogP contribution in [0.5, 0.6) is 0 Å². The third kappa shape index (κ3) is 3.54. The zero-order chi connectivity index (χ0) is 16.6. The molecule has 23 heavy (non-hydrogen) atoms. The van der Waals surface area contributed by atoms with Crippen molar-refractivity contribution in [2.24, 2.45) is 10.9 Å². The third-order valence-electron chi connectivity index (χ3n) is 5.29. The van der Waals surface area contributed by atoms with Crippen molar-refractivity contribution < 1.29 is 0 Å². The van der Waals surface area contributed by atoms with E-state index in [0.717, 1.165) is 25.0 Å². The number of hydrogen-bond acceptors (Lipinski definition) is 3. The van der Waals surface area contributed by atoms with Crippen LogP contribution in [0.15, 0.2) is 29.3 Å². The van der Waals surface area contributed by atoms with Gasteiger partial charge in [-0.2, -0.15) is 0 Å². The summed E-state index contributed by atoms with van der Waals surface area (Å²) < 4.78 is 0. The molecule has 2 unspecified atom stereocenters. The number of nitrogens with zero attached hydrogens (tertiary/aromatic N) is 2. The fraction of sp³-hybridized carbons (Fsp3) is 0.650. The van der Waals surface area contributed by atoms with Gasteiger partial charge in [0.1, 0.15) is 0 Å². The summed E-state index contributed by atoms with van der Waals surface area (Å²) in [6.45, 7) is 13.5. The van der Waals surface area contributed by atoms with Crippen LogP contribution in [0.25, 0.3) is 0 Å². The molecule has 2 aliphatic heterocycles. The maximum atomic E-state index is 4.77. The standard InChI is InChI=1S/C20H31N3/c1-14-6-11-18-12-21-19(23(18)13-14)22-15(2)16-7-9-17(10-8-16)20(3,4)5/h7-10,14-15,18H,6,11-13H2,1-5H3,(H,21,22)/t14?,15-,18?/m0/s1. The fourth-order valence-electron chi connectivity index (χ4n) is 3.62. The Labute approximate surface area is 141 Å². The van der Waals surface area contributed by atoms with Crippen molar-refractivity contribution in [1.82, 2.24) is 10.2 Å². The van der Waals surface area contributed by atoms with Crippen molar-refractivity contribution in [3.05, 3.63) is 35.4 Å². The molecular weight excluding hydrogens is 282 g/mol. The highest BCUT2D eigenvalue weighted by Crippen LogP contribution is 2.27. The average Bonchev–Trinajstić information content (AvgIpc) is 2.89. The fourth-order valence-corrected chi connectivity index (χ4v) is 3.62. The van der Waals surface area contributed by atoms with Gasteiger partial charge in [-0.1, -0.05) is 52.0 Å². The minimum absolute atomic E-state index is 0.210. The lowest BCUT2D eigenvalue weighted by Gasteiger charge is -2.36. The number of hydrogen-bond donors (Lipinski definition) is 1. The first-order valence-corrected chi connectivity index (χ1v) is 9.02. The van der Waals surface area contributed by atoms with Gasteiger partial charge in [0.2, 0.25) is 0 Å². The van der Waals surface area contributed by atoms with Gasteiger partial charge >= 0.3 is 0 Å². The molecule has 1 fully saturated rings. The molecule has 0 saturated carbocycles. The maximum absolute atomic E-state index is 4.77. The summed E-state index contributed by atoms with van der Waals surface area (Å²) in [6, 6.07) is 9.95. The highest BCUT2D eigenvalue weighted by Gasteiger charge is 2.33. The first-order chi connectivity index (χ1) is 10.8. The SMILES string of the molecule is CC1CCC2CN=C(N[C@@H](C)c3ccc(C(C)(C)C)cc3)N2C1. The molecule has 0 aliphatic carbocycles. The molecule has 0 bridgehead atoms. The minimum atomic E-state index is 0.210. The third-order valence-corrected chi connectivity index (χ3v) is 5.29. The van der Waals surface area contributed by atoms with Crippen molar-refractivity contribution >= 4 is 5.96 Å². The summed E-state index contributed by atoms with van der Waals surface area (Å²) >= 11 is 0. The zero-order valence-corrected chi connectivity index (χ0v) is 15.3. The van der Waals surface area contributed by atoms with E-state index < -0.39 is 0 Å². The van der Waals surface area contributed by atoms with Gasteiger partial charge < -0.3 is 10.2 Å². The Hall–Kier alpha value is -1.51. The van der Waals surface area contributed by atoms with E-state index in [1.165, 1.54) is 24.0 Å². The van der Waals surface area contributed by atoms with Gasteiger partial charge in [-0.15, -0.1) is 0 Å². The lowest BCUT2D eigenvalue weighted by Crippen LogP contribution is -2.48. The molecule has 2 heterocycles. The lowest BCUT2D eigenvalue weighted by atomic mass is 9.86. The topological polar surface area (TPSA) is 27.6 Å². The Balaban J connectivity index is 1.66. The van der Waals surface area contributed by atoms with Crippen LogP contribution in [-0.2, 0) is 5.41 Å². The Kier molecular flexibility index (Phi) is 4.39. The van der Waals surface area contributed by atoms with Gasteiger partial charge in [-0.05, 0) is 42.2 Å². The van der Waals surface area contributed by atoms with E-state index in [0.29, 0.717) is 12.1 Å². The average molecular weight is 313 g/mol. The molecule has 0 amide bonds. The first kappa shape index (κ1) is 16.4. The van der Waals surface area contributed by atoms with Crippen LogP contribution < -0.4 is 5.32 Å². The smallest absolute Gasteiger partial charge is 0.194 e. The van der Waals surface area contributed by atoms with Crippen molar-refractivity contribution in [3.8, 4) is 0 Å². The van der Waals surface area contributed by atoms with Gasteiger partial charge in [-0.25, -0.2) is 0 Å². The van der Waals surface area contributed by atoms with E-state index in [9.17, 15) is 0 Å². The van der Waals surface area contributed by atoms with Crippen LogP contribution >= 0.6 is 0 Å². The van der Waals surface area contributed by atoms with Crippen molar-refractivity contribution in [3.63, 3.8) is 0 Å². The molecule has 3 atom stereocenters. The van der Waals surface area contributed by atoms with E-state index in [2.05, 4.69) is 69.1 Å². The maximum Gasteiger partial charge on any atom is 0.194 e. The van der Waals surface area contributed by atoms with Gasteiger partial charge in [0.15, 0.2) is 5.96 Å². The molecule has 1 aromatic carbocycles. The van der Waals surface area contributed by atoms with Gasteiger partial charge in [-0.3, -0.25) is 4.99 Å². The molecule has 3 nitrogen and oxygen atoms in total. The molecule has 1 aromatic rings. The normalized spacial score (nSPS) is 25.8. The van der Waals surface area contributed by atoms with E-state index in [-0.39, 0.29) is 5.41 Å². The van der Waals surface area contributed by atoms with Crippen molar-refractivity contribution in [1.29, 1.82) is 0 Å². The molecule has 1 saturated heterocycles. The molecule has 3 heteroatoms. The summed E-state index contributed by atoms with van der Waals surface area (Å²) in [4.78, 5) is 7.26. The number of aliphatic imine (C=N–C) groups is 1. The second-order valence-electron chi connectivity index (χ2n) is 8.39. The van der Waals surface area contributed by atoms with Crippen LogP contribution in [0.2, 0.25) is 0 Å². The van der Waals surface area contributed by atoms with Gasteiger partial charge in [0.05, 0.1) is 18.6 Å². The van der Waals surface area contributed by atoms with Crippen LogP contribution in [0.3, 0.4) is 0 Å². The Bertz CT molecular complexity index is 568. The van der Waals surface area contributed by atoms with Crippen LogP contribution in [0.4, 0.5) is 0 Å². The Morgan fingerprint density at radius 3 is 2.52 bits per heavy atom. The predicted molar refractivity (Wildman–Crippen MR) is 97.9 cm³/mol. The number of benzene rings is 1. The number of guanidine groups is 1. The zero-order valence-electron chi connectivity index (χ0n) is 15.3. The largest absolute Gasteiger partial charge is 0.350 e. The quantitative estimate of drug-likeness (QED) is 0.890. The first-order valence-electron chi connectivity index (χ1n) is 9.02. The summed E-state index contributed by atoms with van der Waals surface area (Å²) in [5.41, 5.74) is 2.92. The predicted octanol–water partition coefficient (Wildman–Crippen LogP) is 4.10. The van der Waals surface area contributed by atoms with E-state index in [1.807, 2.05) is 0 Å². The lowest BCUT2D eigenvalue weighted by molar-refractivity contribution is 0.210. The molecular formula is C20H31N3. The van der Waals surface area contributed by atoms with E-state index >= 15 is 0 Å². The number of nitrogens with one attached hydrogen (secondary N) is 1. The molecule has 3 rings (SSSR count). The Morgan fingerprint density at radius 1 is 1.17 bits per heavy atom. The molecule has 0 aromatic heterocycles. The molecule has 126 valence electrons. The summed E-state index contributed by atoms with van der Waals surface area (Å²) in [5, 5.41) is 3.65. The monoisotopic (exact) mass is 313 g/mol. The van der Waals surface area contributed by atoms with E-state index in [4.69, 9.17) is 4.99 Å². The molecule has 0 radical (unpaired) electrons. The van der Waals surface area contributed by atoms with Crippen molar-refractivity contribution in [2.45, 2.75) is 65.0 Å². The van der Waals surface area contributed by atoms with E-state index in [1.54, 1.807) is 0 Å². The molecule has 2 aliphatic rings. The Morgan fingerprint density at radius 2 is 1.87 bits per heavy atom. The summed E-state index contributed by atoms with van der Waals surface area (Å²) in [7, 11) is 0. The van der Waals surface area contributed by atoms with Crippen LogP contribution in [0.1, 0.15) is 64.6 Å². The second kappa shape index (κ2) is 6.18. The highest BCUT2D eigenvalue weighted by molar-refractivity contribution is 5.82. The molecule has 1 N–H and O–H groups in total. The molecule has 0 spiro atoms. The summed E-state index contributed by atoms with van der Waals surface area (Å²) in [6.07, 6.45) is 2.62. The van der Waals surface area contributed by atoms with Crippen LogP contribution in [-0.4, -0.2) is 30.0 Å². The van der Waals surface area contributed by atoms with Gasteiger partial charge in [0, 0.05) is 6.54 Å². The number of rotatable bonds is 2. The number of fused-ring (bicyclic) bond motifs is 1. The van der Waals surface area contributed by atoms with Gasteiger partial charge in [0.25, 0.3) is 0 Å².